The van der Waals surface area contributed by atoms with Gasteiger partial charge in [-0.2, -0.15) is 0 Å². The molecule has 0 bridgehead atoms. The summed E-state index contributed by atoms with van der Waals surface area (Å²) in [5, 5.41) is 6.14. The van der Waals surface area contributed by atoms with Crippen LogP contribution in [-0.2, 0) is 14.3 Å². The molecule has 0 saturated carbocycles. The first kappa shape index (κ1) is 14.4. The first-order chi connectivity index (χ1) is 8.15. The van der Waals surface area contributed by atoms with E-state index in [9.17, 15) is 4.79 Å². The lowest BCUT2D eigenvalue weighted by Crippen LogP contribution is -2.52. The van der Waals surface area contributed by atoms with E-state index in [0.717, 1.165) is 6.54 Å². The number of carbonyl (C=O) groups excluding carboxylic acids is 1. The lowest BCUT2D eigenvalue weighted by Gasteiger charge is -2.27. The molecule has 17 heavy (non-hydrogen) atoms. The van der Waals surface area contributed by atoms with E-state index in [1.807, 2.05) is 6.92 Å². The molecule has 2 unspecified atom stereocenters. The average molecular weight is 244 g/mol. The van der Waals surface area contributed by atoms with Crippen molar-refractivity contribution in [2.45, 2.75) is 32.9 Å². The van der Waals surface area contributed by atoms with Crippen LogP contribution < -0.4 is 10.6 Å². The van der Waals surface area contributed by atoms with Crippen LogP contribution in [0.2, 0.25) is 0 Å². The molecule has 1 fully saturated rings. The Balaban J connectivity index is 2.39. The van der Waals surface area contributed by atoms with E-state index < -0.39 is 0 Å². The third-order valence-electron chi connectivity index (χ3n) is 2.85. The van der Waals surface area contributed by atoms with Gasteiger partial charge in [0.25, 0.3) is 5.91 Å². The van der Waals surface area contributed by atoms with E-state index in [1.165, 1.54) is 0 Å². The zero-order valence-corrected chi connectivity index (χ0v) is 11.0. The summed E-state index contributed by atoms with van der Waals surface area (Å²) < 4.78 is 10.8. The molecule has 0 aromatic carbocycles. The molecule has 5 heteroatoms. The van der Waals surface area contributed by atoms with Crippen molar-refractivity contribution in [2.24, 2.45) is 5.92 Å². The Kier molecular flexibility index (Phi) is 6.47. The fourth-order valence-corrected chi connectivity index (χ4v) is 1.66. The zero-order chi connectivity index (χ0) is 12.7. The van der Waals surface area contributed by atoms with Crippen molar-refractivity contribution < 1.29 is 14.3 Å². The summed E-state index contributed by atoms with van der Waals surface area (Å²) in [6.45, 7) is 9.32. The van der Waals surface area contributed by atoms with E-state index in [1.54, 1.807) is 0 Å². The number of rotatable bonds is 6. The van der Waals surface area contributed by atoms with E-state index in [-0.39, 0.29) is 18.1 Å². The Morgan fingerprint density at radius 2 is 2.35 bits per heavy atom. The minimum atomic E-state index is -0.369. The lowest BCUT2D eigenvalue weighted by atomic mass is 10.0. The van der Waals surface area contributed by atoms with E-state index >= 15 is 0 Å². The number of hydrogen-bond acceptors (Lipinski definition) is 4. The third kappa shape index (κ3) is 5.02. The van der Waals surface area contributed by atoms with Crippen LogP contribution in [0, 0.1) is 5.92 Å². The standard InChI is InChI=1S/C12H24N2O3/c1-4-16-8-10(9(2)3)14-12(15)11-7-13-5-6-17-11/h9-11,13H,4-8H2,1-3H3,(H,14,15). The second-order valence-corrected chi connectivity index (χ2v) is 4.58. The highest BCUT2D eigenvalue weighted by atomic mass is 16.5. The number of nitrogens with one attached hydrogen (secondary N) is 2. The summed E-state index contributed by atoms with van der Waals surface area (Å²) in [5.74, 6) is 0.303. The van der Waals surface area contributed by atoms with Crippen LogP contribution in [0.25, 0.3) is 0 Å². The van der Waals surface area contributed by atoms with Crippen molar-refractivity contribution in [1.82, 2.24) is 10.6 Å². The highest BCUT2D eigenvalue weighted by Crippen LogP contribution is 2.04. The number of morpholine rings is 1. The second-order valence-electron chi connectivity index (χ2n) is 4.58. The summed E-state index contributed by atoms with van der Waals surface area (Å²) in [6.07, 6.45) is -0.369. The Bertz CT molecular complexity index is 228. The maximum absolute atomic E-state index is 11.9. The Hall–Kier alpha value is -0.650. The summed E-state index contributed by atoms with van der Waals surface area (Å²) >= 11 is 0. The van der Waals surface area contributed by atoms with Gasteiger partial charge in [0.05, 0.1) is 19.3 Å². The van der Waals surface area contributed by atoms with Gasteiger partial charge >= 0.3 is 0 Å². The lowest BCUT2D eigenvalue weighted by molar-refractivity contribution is -0.135. The minimum Gasteiger partial charge on any atom is -0.380 e. The van der Waals surface area contributed by atoms with Gasteiger partial charge in [-0.05, 0) is 12.8 Å². The van der Waals surface area contributed by atoms with Gasteiger partial charge in [-0.25, -0.2) is 0 Å². The number of amides is 1. The maximum Gasteiger partial charge on any atom is 0.250 e. The Morgan fingerprint density at radius 1 is 1.59 bits per heavy atom. The molecule has 1 amide bonds. The predicted octanol–water partition coefficient (Wildman–Crippen LogP) is 0.152. The van der Waals surface area contributed by atoms with E-state index in [4.69, 9.17) is 9.47 Å². The number of ether oxygens (including phenoxy) is 2. The van der Waals surface area contributed by atoms with E-state index in [2.05, 4.69) is 24.5 Å². The van der Waals surface area contributed by atoms with Crippen molar-refractivity contribution in [3.8, 4) is 0 Å². The number of carbonyl (C=O) groups is 1. The van der Waals surface area contributed by atoms with Crippen LogP contribution in [0.15, 0.2) is 0 Å². The van der Waals surface area contributed by atoms with Gasteiger partial charge in [0.15, 0.2) is 0 Å². The zero-order valence-electron chi connectivity index (χ0n) is 11.0. The highest BCUT2D eigenvalue weighted by molar-refractivity contribution is 5.81. The van der Waals surface area contributed by atoms with Crippen molar-refractivity contribution in [3.05, 3.63) is 0 Å². The molecule has 1 saturated heterocycles. The SMILES string of the molecule is CCOCC(NC(=O)C1CNCCO1)C(C)C. The Labute approximate surface area is 103 Å². The highest BCUT2D eigenvalue weighted by Gasteiger charge is 2.25. The normalized spacial score (nSPS) is 22.5. The molecule has 0 aromatic heterocycles. The molecule has 2 N–H and O–H groups in total. The first-order valence-electron chi connectivity index (χ1n) is 6.35. The smallest absolute Gasteiger partial charge is 0.250 e. The fraction of sp³-hybridized carbons (Fsp3) is 0.917. The summed E-state index contributed by atoms with van der Waals surface area (Å²) in [6, 6.07) is 0.0491. The summed E-state index contributed by atoms with van der Waals surface area (Å²) in [7, 11) is 0. The van der Waals surface area contributed by atoms with Crippen molar-refractivity contribution in [1.29, 1.82) is 0 Å². The molecule has 1 aliphatic heterocycles. The summed E-state index contributed by atoms with van der Waals surface area (Å²) in [4.78, 5) is 11.9. The van der Waals surface area contributed by atoms with Crippen LogP contribution >= 0.6 is 0 Å². The van der Waals surface area contributed by atoms with Crippen LogP contribution in [-0.4, -0.2) is 51.0 Å². The number of hydrogen-bond donors (Lipinski definition) is 2. The Morgan fingerprint density at radius 3 is 2.88 bits per heavy atom. The molecule has 1 heterocycles. The van der Waals surface area contributed by atoms with Gasteiger partial charge in [-0.15, -0.1) is 0 Å². The van der Waals surface area contributed by atoms with Crippen molar-refractivity contribution >= 4 is 5.91 Å². The van der Waals surface area contributed by atoms with Gasteiger partial charge in [-0.3, -0.25) is 4.79 Å². The molecule has 1 rings (SSSR count). The molecule has 1 aliphatic rings. The van der Waals surface area contributed by atoms with E-state index in [0.29, 0.717) is 32.3 Å². The molecular weight excluding hydrogens is 220 g/mol. The van der Waals surface area contributed by atoms with Gasteiger partial charge < -0.3 is 20.1 Å². The summed E-state index contributed by atoms with van der Waals surface area (Å²) in [5.41, 5.74) is 0. The van der Waals surface area contributed by atoms with Crippen molar-refractivity contribution in [2.75, 3.05) is 32.9 Å². The van der Waals surface area contributed by atoms with Crippen LogP contribution in [0.4, 0.5) is 0 Å². The third-order valence-corrected chi connectivity index (χ3v) is 2.85. The largest absolute Gasteiger partial charge is 0.380 e. The predicted molar refractivity (Wildman–Crippen MR) is 65.9 cm³/mol. The fourth-order valence-electron chi connectivity index (χ4n) is 1.66. The van der Waals surface area contributed by atoms with Gasteiger partial charge in [0, 0.05) is 19.7 Å². The van der Waals surface area contributed by atoms with Crippen LogP contribution in [0.3, 0.4) is 0 Å². The average Bonchev–Trinajstić information content (AvgIpc) is 2.35. The molecule has 5 nitrogen and oxygen atoms in total. The van der Waals surface area contributed by atoms with Gasteiger partial charge in [0.2, 0.25) is 0 Å². The molecule has 2 atom stereocenters. The minimum absolute atomic E-state index is 0.0457. The molecule has 0 spiro atoms. The van der Waals surface area contributed by atoms with Crippen molar-refractivity contribution in [3.63, 3.8) is 0 Å². The van der Waals surface area contributed by atoms with Gasteiger partial charge in [0.1, 0.15) is 6.10 Å². The maximum atomic E-state index is 11.9. The van der Waals surface area contributed by atoms with Gasteiger partial charge in [-0.1, -0.05) is 13.8 Å². The first-order valence-corrected chi connectivity index (χ1v) is 6.35. The quantitative estimate of drug-likeness (QED) is 0.698. The topological polar surface area (TPSA) is 59.6 Å². The monoisotopic (exact) mass is 244 g/mol. The van der Waals surface area contributed by atoms with Crippen LogP contribution in [0.1, 0.15) is 20.8 Å². The molecule has 100 valence electrons. The van der Waals surface area contributed by atoms with Crippen LogP contribution in [0.5, 0.6) is 0 Å². The molecular formula is C12H24N2O3. The molecule has 0 aromatic rings. The molecule has 0 aliphatic carbocycles. The second kappa shape index (κ2) is 7.63. The molecule has 0 radical (unpaired) electrons.